The van der Waals surface area contributed by atoms with Gasteiger partial charge in [-0.2, -0.15) is 0 Å². The molecule has 2 saturated carbocycles. The van der Waals surface area contributed by atoms with Crippen LogP contribution in [0.2, 0.25) is 0 Å². The van der Waals surface area contributed by atoms with Crippen molar-refractivity contribution in [1.82, 2.24) is 0 Å². The lowest BCUT2D eigenvalue weighted by Gasteiger charge is -2.26. The van der Waals surface area contributed by atoms with E-state index in [4.69, 9.17) is 9.15 Å². The van der Waals surface area contributed by atoms with Crippen molar-refractivity contribution in [3.8, 4) is 5.75 Å². The van der Waals surface area contributed by atoms with Crippen LogP contribution in [0.25, 0.3) is 0 Å². The fraction of sp³-hybridized carbons (Fsp3) is 0.609. The van der Waals surface area contributed by atoms with E-state index in [1.54, 1.807) is 17.4 Å². The first-order chi connectivity index (χ1) is 13.6. The van der Waals surface area contributed by atoms with E-state index in [0.29, 0.717) is 23.2 Å². The van der Waals surface area contributed by atoms with Crippen LogP contribution < -0.4 is 5.63 Å². The molecule has 28 heavy (non-hydrogen) atoms. The molecule has 1 N–H and O–H groups in total. The van der Waals surface area contributed by atoms with E-state index < -0.39 is 0 Å². The third-order valence-corrected chi connectivity index (χ3v) is 7.80. The van der Waals surface area contributed by atoms with Crippen LogP contribution in [0.5, 0.6) is 5.75 Å². The van der Waals surface area contributed by atoms with E-state index in [1.165, 1.54) is 19.3 Å². The normalized spacial score (nSPS) is 22.9. The molecular weight excluding hydrogens is 372 g/mol. The minimum Gasteiger partial charge on any atom is -0.507 e. The van der Waals surface area contributed by atoms with Crippen LogP contribution in [0.4, 0.5) is 0 Å². The molecule has 0 spiro atoms. The zero-order valence-electron chi connectivity index (χ0n) is 16.2. The molecule has 0 aromatic carbocycles. The number of aromatic hydroxyl groups is 1. The van der Waals surface area contributed by atoms with Crippen molar-refractivity contribution in [3.05, 3.63) is 50.2 Å². The van der Waals surface area contributed by atoms with Crippen molar-refractivity contribution in [3.63, 3.8) is 0 Å². The smallest absolute Gasteiger partial charge is 0.343 e. The van der Waals surface area contributed by atoms with Gasteiger partial charge in [0.15, 0.2) is 0 Å². The Hall–Kier alpha value is -1.59. The number of hydrogen-bond acceptors (Lipinski definition) is 5. The van der Waals surface area contributed by atoms with Crippen LogP contribution in [0, 0.1) is 17.3 Å². The van der Waals surface area contributed by atoms with Crippen LogP contribution in [0.1, 0.15) is 67.1 Å². The summed E-state index contributed by atoms with van der Waals surface area (Å²) in [7, 11) is 0. The van der Waals surface area contributed by atoms with Crippen LogP contribution in [-0.2, 0) is 11.2 Å². The molecule has 1 saturated heterocycles. The van der Waals surface area contributed by atoms with E-state index in [-0.39, 0.29) is 22.7 Å². The van der Waals surface area contributed by atoms with Crippen molar-refractivity contribution in [2.24, 2.45) is 17.3 Å². The molecule has 5 heteroatoms. The Balaban J connectivity index is 1.37. The maximum Gasteiger partial charge on any atom is 0.343 e. The summed E-state index contributed by atoms with van der Waals surface area (Å²) in [4.78, 5) is 14.0. The molecule has 2 aliphatic carbocycles. The molecule has 4 nitrogen and oxygen atoms in total. The zero-order valence-corrected chi connectivity index (χ0v) is 17.0. The van der Waals surface area contributed by atoms with Crippen LogP contribution in [0.15, 0.2) is 32.8 Å². The van der Waals surface area contributed by atoms with Gasteiger partial charge >= 0.3 is 5.63 Å². The Morgan fingerprint density at radius 3 is 2.61 bits per heavy atom. The molecule has 0 amide bonds. The number of rotatable bonds is 7. The largest absolute Gasteiger partial charge is 0.507 e. The average Bonchev–Trinajstić information content (AvgIpc) is 3.58. The van der Waals surface area contributed by atoms with Gasteiger partial charge in [-0.25, -0.2) is 4.79 Å². The molecule has 3 fully saturated rings. The van der Waals surface area contributed by atoms with Gasteiger partial charge in [0.25, 0.3) is 0 Å². The molecule has 0 bridgehead atoms. The van der Waals surface area contributed by atoms with Gasteiger partial charge in [-0.3, -0.25) is 0 Å². The highest BCUT2D eigenvalue weighted by molar-refractivity contribution is 7.10. The molecular formula is C23H28O4S. The molecule has 2 aromatic heterocycles. The lowest BCUT2D eigenvalue weighted by molar-refractivity contribution is 0.0565. The number of hydrogen-bond donors (Lipinski definition) is 1. The average molecular weight is 401 g/mol. The minimum atomic E-state index is -0.345. The highest BCUT2D eigenvalue weighted by atomic mass is 32.1. The van der Waals surface area contributed by atoms with Crippen molar-refractivity contribution < 1.29 is 14.3 Å². The monoisotopic (exact) mass is 400 g/mol. The number of ether oxygens (including phenoxy) is 1. The number of thiophene rings is 1. The summed E-state index contributed by atoms with van der Waals surface area (Å²) >= 11 is 1.65. The van der Waals surface area contributed by atoms with Gasteiger partial charge in [0.1, 0.15) is 11.5 Å². The van der Waals surface area contributed by atoms with Crippen molar-refractivity contribution in [1.29, 1.82) is 0 Å². The standard InChI is InChI=1S/C23H28O4S/c24-18-12-17(14-23(7-8-23)13-15-5-9-26-10-6-15)27-22(25)21(18)20(16-3-4-16)19-2-1-11-28-19/h1-2,11-12,15-16,20,24H,3-10,13-14H2. The zero-order chi connectivity index (χ0) is 19.1. The molecule has 3 heterocycles. The Morgan fingerprint density at radius 2 is 2.00 bits per heavy atom. The molecule has 1 aliphatic heterocycles. The van der Waals surface area contributed by atoms with Gasteiger partial charge in [0.2, 0.25) is 0 Å². The topological polar surface area (TPSA) is 59.7 Å². The molecule has 0 radical (unpaired) electrons. The minimum absolute atomic E-state index is 0.0255. The Bertz CT molecular complexity index is 871. The van der Waals surface area contributed by atoms with E-state index in [2.05, 4.69) is 6.07 Å². The first-order valence-electron chi connectivity index (χ1n) is 10.6. The Kier molecular flexibility index (Phi) is 4.84. The van der Waals surface area contributed by atoms with Gasteiger partial charge < -0.3 is 14.3 Å². The maximum absolute atomic E-state index is 12.9. The quantitative estimate of drug-likeness (QED) is 0.703. The second-order valence-corrected chi connectivity index (χ2v) is 10.0. The highest BCUT2D eigenvalue weighted by Crippen LogP contribution is 2.54. The summed E-state index contributed by atoms with van der Waals surface area (Å²) in [6.45, 7) is 1.74. The van der Waals surface area contributed by atoms with Crippen molar-refractivity contribution in [2.45, 2.75) is 57.3 Å². The molecule has 2 aromatic rings. The van der Waals surface area contributed by atoms with E-state index in [1.807, 2.05) is 11.4 Å². The fourth-order valence-corrected chi connectivity index (χ4v) is 5.91. The van der Waals surface area contributed by atoms with Crippen molar-refractivity contribution >= 4 is 11.3 Å². The van der Waals surface area contributed by atoms with E-state index in [9.17, 15) is 9.90 Å². The van der Waals surface area contributed by atoms with Crippen LogP contribution >= 0.6 is 11.3 Å². The second kappa shape index (κ2) is 7.34. The third kappa shape index (κ3) is 3.79. The van der Waals surface area contributed by atoms with Gasteiger partial charge in [-0.05, 0) is 73.6 Å². The molecule has 1 atom stereocenters. The summed E-state index contributed by atoms with van der Waals surface area (Å²) < 4.78 is 11.3. The first-order valence-corrected chi connectivity index (χ1v) is 11.5. The summed E-state index contributed by atoms with van der Waals surface area (Å²) in [5.74, 6) is 1.91. The molecule has 1 unspecified atom stereocenters. The molecule has 150 valence electrons. The van der Waals surface area contributed by atoms with Crippen molar-refractivity contribution in [2.75, 3.05) is 13.2 Å². The fourth-order valence-electron chi connectivity index (χ4n) is 4.98. The first kappa shape index (κ1) is 18.4. The Morgan fingerprint density at radius 1 is 1.21 bits per heavy atom. The van der Waals surface area contributed by atoms with Gasteiger partial charge in [-0.1, -0.05) is 6.07 Å². The van der Waals surface area contributed by atoms with E-state index in [0.717, 1.165) is 50.2 Å². The maximum atomic E-state index is 12.9. The van der Waals surface area contributed by atoms with E-state index >= 15 is 0 Å². The van der Waals surface area contributed by atoms with Crippen LogP contribution in [-0.4, -0.2) is 18.3 Å². The van der Waals surface area contributed by atoms with Gasteiger partial charge in [0, 0.05) is 36.5 Å². The Labute approximate surface area is 169 Å². The molecule has 3 aliphatic rings. The SMILES string of the molecule is O=c1oc(CC2(CC3CCOCC3)CC2)cc(O)c1C(c1cccs1)C1CC1. The molecule has 5 rings (SSSR count). The summed E-state index contributed by atoms with van der Waals surface area (Å²) in [5.41, 5.74) is 0.375. The van der Waals surface area contributed by atoms with Gasteiger partial charge in [-0.15, -0.1) is 11.3 Å². The predicted octanol–water partition coefficient (Wildman–Crippen LogP) is 5.09. The summed E-state index contributed by atoms with van der Waals surface area (Å²) in [6, 6.07) is 5.80. The summed E-state index contributed by atoms with van der Waals surface area (Å²) in [6.07, 6.45) is 8.82. The second-order valence-electron chi connectivity index (χ2n) is 9.07. The van der Waals surface area contributed by atoms with Crippen LogP contribution in [0.3, 0.4) is 0 Å². The third-order valence-electron chi connectivity index (χ3n) is 6.84. The van der Waals surface area contributed by atoms with Gasteiger partial charge in [0.05, 0.1) is 5.56 Å². The highest BCUT2D eigenvalue weighted by Gasteiger charge is 2.45. The lowest BCUT2D eigenvalue weighted by Crippen LogP contribution is -2.21. The predicted molar refractivity (Wildman–Crippen MR) is 109 cm³/mol. The summed E-state index contributed by atoms with van der Waals surface area (Å²) in [5, 5.41) is 12.8. The lowest BCUT2D eigenvalue weighted by atomic mass is 9.84.